The van der Waals surface area contributed by atoms with Crippen LogP contribution < -0.4 is 26.0 Å². The highest BCUT2D eigenvalue weighted by atomic mass is 35.5. The number of ketones is 1. The van der Waals surface area contributed by atoms with E-state index in [9.17, 15) is 28.7 Å². The van der Waals surface area contributed by atoms with E-state index in [0.717, 1.165) is 32.5 Å². The number of aliphatic hydroxyl groups is 1. The Hall–Kier alpha value is -6.31. The highest BCUT2D eigenvalue weighted by Crippen LogP contribution is 2.43. The molecule has 2 aromatic carbocycles. The first kappa shape index (κ1) is 62.7. The van der Waals surface area contributed by atoms with E-state index >= 15 is 0 Å². The Labute approximate surface area is 496 Å². The van der Waals surface area contributed by atoms with Crippen LogP contribution in [0.5, 0.6) is 5.75 Å². The molecule has 5 heterocycles. The van der Waals surface area contributed by atoms with Gasteiger partial charge in [0.05, 0.1) is 79.1 Å². The third-order valence-electron chi connectivity index (χ3n) is 14.7. The van der Waals surface area contributed by atoms with Crippen molar-refractivity contribution in [1.82, 2.24) is 50.8 Å². The lowest BCUT2D eigenvalue weighted by Crippen LogP contribution is -2.57. The standard InChI is InChI=1S/C59H75ClFN11O9S2/c1-39-53(83-38-65-39)41-15-13-40(14-16-41)34-64-55(76)47-32-44(73)36-72(47)56(77)54(58(2,3)4)68-51(75)19-22-62-23-25-71-35-43(69-70-71)37-80-30-29-79-28-27-78-26-7-11-49(74)59(33-42-8-5-12-50(66-42)67-57-63-24-31-82-57)20-17-45(18-21-59)81-48-10-6-9-46(60)52(48)61/h5-6,8-10,12-16,24,31,35,38,44-45,47,54,62,73H,7,11,17-23,25-30,32-34,36-37H2,1-4H3,(H,64,76)(H,68,75)(H,63,66,67)/t44-,45?,47+,54-,59?/m1/s1. The van der Waals surface area contributed by atoms with Crippen molar-refractivity contribution in [3.8, 4) is 16.2 Å². The number of carbonyl (C=O) groups excluding carboxylic acids is 4. The summed E-state index contributed by atoms with van der Waals surface area (Å²) in [5.41, 5.74) is 4.83. The Morgan fingerprint density at radius 1 is 0.916 bits per heavy atom. The molecule has 2 fully saturated rings. The fraction of sp³-hybridized carbons (Fsp3) is 0.508. The lowest BCUT2D eigenvalue weighted by atomic mass is 9.66. The van der Waals surface area contributed by atoms with Crippen LogP contribution in [0, 0.1) is 23.6 Å². The van der Waals surface area contributed by atoms with Crippen LogP contribution in [-0.2, 0) is 59.5 Å². The van der Waals surface area contributed by atoms with Crippen molar-refractivity contribution in [1.29, 1.82) is 0 Å². The number of thiazole rings is 2. The molecule has 2 aliphatic rings. The van der Waals surface area contributed by atoms with E-state index < -0.39 is 40.7 Å². The Balaban J connectivity index is 0.675. The number of aryl methyl sites for hydroxylation is 1. The number of ether oxygens (including phenoxy) is 4. The Morgan fingerprint density at radius 2 is 1.67 bits per heavy atom. The summed E-state index contributed by atoms with van der Waals surface area (Å²) < 4.78 is 39.7. The van der Waals surface area contributed by atoms with Crippen molar-refractivity contribution in [3.63, 3.8) is 0 Å². The van der Waals surface area contributed by atoms with Gasteiger partial charge in [0, 0.05) is 81.2 Å². The van der Waals surface area contributed by atoms with Crippen molar-refractivity contribution in [2.75, 3.05) is 58.0 Å². The number of hydrogen-bond donors (Lipinski definition) is 5. The van der Waals surface area contributed by atoms with Crippen molar-refractivity contribution < 1.29 is 47.6 Å². The number of amides is 3. The fourth-order valence-corrected chi connectivity index (χ4v) is 11.7. The van der Waals surface area contributed by atoms with Gasteiger partial charge >= 0.3 is 0 Å². The number of hydrogen-bond acceptors (Lipinski definition) is 18. The summed E-state index contributed by atoms with van der Waals surface area (Å²) in [6.45, 7) is 11.2. The second-order valence-electron chi connectivity index (χ2n) is 22.0. The molecule has 1 aliphatic heterocycles. The molecule has 0 bridgehead atoms. The highest BCUT2D eigenvalue weighted by Gasteiger charge is 2.45. The van der Waals surface area contributed by atoms with Crippen LogP contribution in [0.15, 0.2) is 83.9 Å². The van der Waals surface area contributed by atoms with Gasteiger partial charge in [0.1, 0.15) is 29.4 Å². The molecule has 0 radical (unpaired) electrons. The topological polar surface area (TPSA) is 246 Å². The molecule has 0 spiro atoms. The Kier molecular flexibility index (Phi) is 23.0. The number of benzene rings is 2. The zero-order valence-corrected chi connectivity index (χ0v) is 49.8. The number of aromatic nitrogens is 6. The van der Waals surface area contributed by atoms with Crippen molar-refractivity contribution in [2.45, 2.75) is 129 Å². The normalized spacial score (nSPS) is 18.4. The zero-order valence-electron chi connectivity index (χ0n) is 47.5. The summed E-state index contributed by atoms with van der Waals surface area (Å²) in [5.74, 6) is -0.763. The summed E-state index contributed by atoms with van der Waals surface area (Å²) in [7, 11) is 0. The molecular weight excluding hydrogens is 1130 g/mol. The van der Waals surface area contributed by atoms with Crippen LogP contribution in [0.4, 0.5) is 15.3 Å². The summed E-state index contributed by atoms with van der Waals surface area (Å²) in [4.78, 5) is 70.8. The Bertz CT molecular complexity index is 3040. The smallest absolute Gasteiger partial charge is 0.246 e. The number of nitrogens with zero attached hydrogens (tertiary/aromatic N) is 7. The van der Waals surface area contributed by atoms with Gasteiger partial charge in [-0.2, -0.15) is 0 Å². The van der Waals surface area contributed by atoms with Crippen LogP contribution in [0.25, 0.3) is 10.4 Å². The quantitative estimate of drug-likeness (QED) is 0.0259. The van der Waals surface area contributed by atoms with E-state index in [2.05, 4.69) is 41.5 Å². The molecule has 83 heavy (non-hydrogen) atoms. The molecule has 3 amide bonds. The monoisotopic (exact) mass is 1200 g/mol. The van der Waals surface area contributed by atoms with Crippen molar-refractivity contribution in [2.24, 2.45) is 10.8 Å². The van der Waals surface area contributed by atoms with E-state index in [0.29, 0.717) is 109 Å². The number of aliphatic hydroxyl groups excluding tert-OH is 1. The molecule has 446 valence electrons. The Morgan fingerprint density at radius 3 is 2.41 bits per heavy atom. The minimum absolute atomic E-state index is 0.00448. The van der Waals surface area contributed by atoms with Crippen LogP contribution in [0.3, 0.4) is 0 Å². The van der Waals surface area contributed by atoms with Crippen LogP contribution in [-0.4, -0.2) is 140 Å². The largest absolute Gasteiger partial charge is 0.487 e. The van der Waals surface area contributed by atoms with Gasteiger partial charge in [0.2, 0.25) is 17.7 Å². The second-order valence-corrected chi connectivity index (χ2v) is 24.2. The number of anilines is 2. The third-order valence-corrected chi connectivity index (χ3v) is 16.7. The number of pyridine rings is 1. The first-order chi connectivity index (χ1) is 40.0. The maximum Gasteiger partial charge on any atom is 0.246 e. The van der Waals surface area contributed by atoms with Gasteiger partial charge in [-0.15, -0.1) is 27.8 Å². The van der Waals surface area contributed by atoms with E-state index in [4.69, 9.17) is 35.5 Å². The number of likely N-dealkylation sites (tertiary alicyclic amines) is 1. The van der Waals surface area contributed by atoms with Crippen molar-refractivity contribution >= 4 is 68.7 Å². The molecular formula is C59H75ClFN11O9S2. The van der Waals surface area contributed by atoms with E-state index in [1.165, 1.54) is 22.3 Å². The number of halogens is 2. The molecule has 1 saturated carbocycles. The first-order valence-electron chi connectivity index (χ1n) is 28.2. The minimum Gasteiger partial charge on any atom is -0.487 e. The zero-order chi connectivity index (χ0) is 58.8. The molecule has 8 rings (SSSR count). The van der Waals surface area contributed by atoms with Crippen LogP contribution in [0.1, 0.15) is 94.8 Å². The molecule has 0 unspecified atom stereocenters. The average Bonchev–Trinajstić information content (AvgIpc) is 4.45. The van der Waals surface area contributed by atoms with Crippen molar-refractivity contribution in [3.05, 3.63) is 117 Å². The lowest BCUT2D eigenvalue weighted by Gasteiger charge is -2.39. The van der Waals surface area contributed by atoms with Crippen LogP contribution >= 0.6 is 34.3 Å². The predicted octanol–water partition coefficient (Wildman–Crippen LogP) is 8.04. The summed E-state index contributed by atoms with van der Waals surface area (Å²) >= 11 is 9.06. The van der Waals surface area contributed by atoms with Gasteiger partial charge in [-0.05, 0) is 79.8 Å². The van der Waals surface area contributed by atoms with Gasteiger partial charge in [0.15, 0.2) is 16.7 Å². The number of carbonyl (C=O) groups is 4. The summed E-state index contributed by atoms with van der Waals surface area (Å²) in [6, 6.07) is 16.5. The summed E-state index contributed by atoms with van der Waals surface area (Å²) in [5, 5.41) is 33.9. The number of nitrogens with one attached hydrogen (secondary N) is 4. The van der Waals surface area contributed by atoms with Crippen LogP contribution in [0.2, 0.25) is 5.02 Å². The van der Waals surface area contributed by atoms with Gasteiger partial charge in [-0.1, -0.05) is 74.0 Å². The summed E-state index contributed by atoms with van der Waals surface area (Å²) in [6.07, 6.45) is 6.27. The molecule has 4 aromatic heterocycles. The van der Waals surface area contributed by atoms with E-state index in [1.807, 2.05) is 81.1 Å². The SMILES string of the molecule is Cc1ncsc1-c1ccc(CNC(=O)[C@@H]2C[C@@H](O)CN2C(=O)[C@@H](NC(=O)CCNCCn2cc(COCCOCCOCCCC(=O)C3(Cc4cccc(Nc5nccs5)n4)CCC(Oc4cccc(Cl)c4F)CC3)nn2)C(C)(C)C)cc1. The van der Waals surface area contributed by atoms with Gasteiger partial charge in [-0.3, -0.25) is 23.9 Å². The molecule has 5 N–H and O–H groups in total. The molecule has 3 atom stereocenters. The van der Waals surface area contributed by atoms with E-state index in [-0.39, 0.29) is 67.0 Å². The first-order valence-corrected chi connectivity index (χ1v) is 30.3. The fourth-order valence-electron chi connectivity index (χ4n) is 10.2. The second kappa shape index (κ2) is 30.5. The van der Waals surface area contributed by atoms with Gasteiger partial charge < -0.3 is 50.2 Å². The number of Topliss-reactive ketones (excluding diaryl/α,β-unsaturated/α-hetero) is 1. The molecule has 6 aromatic rings. The molecule has 24 heteroatoms. The predicted molar refractivity (Wildman–Crippen MR) is 315 cm³/mol. The maximum absolute atomic E-state index is 14.7. The van der Waals surface area contributed by atoms with E-state index in [1.54, 1.807) is 40.5 Å². The average molecular weight is 1200 g/mol. The maximum atomic E-state index is 14.7. The van der Waals surface area contributed by atoms with Gasteiger partial charge in [-0.25, -0.2) is 19.3 Å². The lowest BCUT2D eigenvalue weighted by molar-refractivity contribution is -0.144. The molecule has 1 aliphatic carbocycles. The number of β-amino-alcohol motifs (C(OH)–C–C–N with tert-alkyl or cyclic N) is 1. The number of rotatable bonds is 31. The molecule has 1 saturated heterocycles. The molecule has 20 nitrogen and oxygen atoms in total. The third kappa shape index (κ3) is 18.3. The highest BCUT2D eigenvalue weighted by molar-refractivity contribution is 7.13. The minimum atomic E-state index is -0.926. The van der Waals surface area contributed by atoms with Gasteiger partial charge in [0.25, 0.3) is 0 Å².